The van der Waals surface area contributed by atoms with E-state index in [-0.39, 0.29) is 11.9 Å². The summed E-state index contributed by atoms with van der Waals surface area (Å²) >= 11 is 8.12. The Hall–Kier alpha value is -0.330. The highest BCUT2D eigenvalue weighted by Crippen LogP contribution is 2.20. The second-order valence-corrected chi connectivity index (χ2v) is 5.77. The molecular weight excluding hydrogens is 351 g/mol. The van der Waals surface area contributed by atoms with Crippen LogP contribution in [0.5, 0.6) is 0 Å². The maximum Gasteiger partial charge on any atom is 0.255 e. The molecule has 1 fully saturated rings. The van der Waals surface area contributed by atoms with Crippen LogP contribution in [0.25, 0.3) is 0 Å². The fourth-order valence-electron chi connectivity index (χ4n) is 1.96. The summed E-state index contributed by atoms with van der Waals surface area (Å²) in [4.78, 5) is 14.3. The van der Waals surface area contributed by atoms with Gasteiger partial charge in [0.25, 0.3) is 5.91 Å². The maximum atomic E-state index is 12.4. The molecule has 1 atom stereocenters. The zero-order chi connectivity index (χ0) is 12.4. The third-order valence-electron chi connectivity index (χ3n) is 2.92. The molecular formula is C12H14ClIN2O. The lowest BCUT2D eigenvalue weighted by molar-refractivity contribution is 0.0654. The van der Waals surface area contributed by atoms with Gasteiger partial charge in [0.15, 0.2) is 0 Å². The summed E-state index contributed by atoms with van der Waals surface area (Å²) in [6.07, 6.45) is 0. The topological polar surface area (TPSA) is 32.3 Å². The van der Waals surface area contributed by atoms with Gasteiger partial charge in [0.05, 0.1) is 5.56 Å². The lowest BCUT2D eigenvalue weighted by Gasteiger charge is -2.34. The van der Waals surface area contributed by atoms with E-state index in [1.807, 2.05) is 11.0 Å². The van der Waals surface area contributed by atoms with Crippen molar-refractivity contribution >= 4 is 40.1 Å². The molecule has 1 N–H and O–H groups in total. The number of benzene rings is 1. The van der Waals surface area contributed by atoms with Crippen LogP contribution in [0.2, 0.25) is 5.02 Å². The predicted octanol–water partition coefficient (Wildman–Crippen LogP) is 2.38. The molecule has 0 bridgehead atoms. The molecule has 5 heteroatoms. The minimum absolute atomic E-state index is 0.0749. The molecule has 1 amide bonds. The third kappa shape index (κ3) is 2.92. The Morgan fingerprint density at radius 3 is 3.06 bits per heavy atom. The summed E-state index contributed by atoms with van der Waals surface area (Å²) in [5.41, 5.74) is 0.701. The van der Waals surface area contributed by atoms with E-state index >= 15 is 0 Å². The first kappa shape index (κ1) is 13.1. The van der Waals surface area contributed by atoms with Crippen molar-refractivity contribution in [3.05, 3.63) is 32.4 Å². The van der Waals surface area contributed by atoms with Gasteiger partial charge < -0.3 is 10.2 Å². The van der Waals surface area contributed by atoms with Gasteiger partial charge in [0.1, 0.15) is 0 Å². The van der Waals surface area contributed by atoms with E-state index in [9.17, 15) is 4.79 Å². The van der Waals surface area contributed by atoms with Crippen LogP contribution >= 0.6 is 34.2 Å². The van der Waals surface area contributed by atoms with Crippen molar-refractivity contribution in [1.29, 1.82) is 0 Å². The largest absolute Gasteiger partial charge is 0.333 e. The van der Waals surface area contributed by atoms with Crippen LogP contribution in [-0.2, 0) is 0 Å². The Morgan fingerprint density at radius 1 is 1.59 bits per heavy atom. The number of piperazine rings is 1. The van der Waals surface area contributed by atoms with Gasteiger partial charge >= 0.3 is 0 Å². The number of rotatable bonds is 1. The highest BCUT2D eigenvalue weighted by atomic mass is 127. The zero-order valence-corrected chi connectivity index (χ0v) is 12.5. The molecule has 1 aromatic rings. The number of hydrogen-bond donors (Lipinski definition) is 1. The molecule has 1 heterocycles. The molecule has 1 aromatic carbocycles. The molecule has 0 spiro atoms. The van der Waals surface area contributed by atoms with Crippen LogP contribution in [0.1, 0.15) is 17.3 Å². The minimum atomic E-state index is 0.0749. The van der Waals surface area contributed by atoms with Crippen molar-refractivity contribution in [3.63, 3.8) is 0 Å². The van der Waals surface area contributed by atoms with Crippen molar-refractivity contribution in [2.24, 2.45) is 0 Å². The molecule has 1 saturated heterocycles. The van der Waals surface area contributed by atoms with Crippen LogP contribution in [0.4, 0.5) is 0 Å². The number of nitrogens with one attached hydrogen (secondary N) is 1. The van der Waals surface area contributed by atoms with E-state index < -0.39 is 0 Å². The lowest BCUT2D eigenvalue weighted by Crippen LogP contribution is -2.52. The second-order valence-electron chi connectivity index (χ2n) is 4.18. The van der Waals surface area contributed by atoms with Gasteiger partial charge in [-0.1, -0.05) is 11.6 Å². The monoisotopic (exact) mass is 364 g/mol. The number of nitrogens with zero attached hydrogens (tertiary/aromatic N) is 1. The zero-order valence-electron chi connectivity index (χ0n) is 9.54. The van der Waals surface area contributed by atoms with Crippen molar-refractivity contribution in [2.75, 3.05) is 19.6 Å². The summed E-state index contributed by atoms with van der Waals surface area (Å²) in [6, 6.07) is 5.66. The molecule has 3 nitrogen and oxygen atoms in total. The molecule has 0 radical (unpaired) electrons. The van der Waals surface area contributed by atoms with E-state index in [0.29, 0.717) is 10.6 Å². The lowest BCUT2D eigenvalue weighted by atomic mass is 10.1. The fraction of sp³-hybridized carbons (Fsp3) is 0.417. The first-order valence-electron chi connectivity index (χ1n) is 5.56. The van der Waals surface area contributed by atoms with Gasteiger partial charge in [-0.25, -0.2) is 0 Å². The quantitative estimate of drug-likeness (QED) is 0.776. The van der Waals surface area contributed by atoms with Crippen LogP contribution in [0.3, 0.4) is 0 Å². The highest BCUT2D eigenvalue weighted by Gasteiger charge is 2.25. The average Bonchev–Trinajstić information content (AvgIpc) is 2.32. The van der Waals surface area contributed by atoms with Crippen molar-refractivity contribution in [2.45, 2.75) is 13.0 Å². The van der Waals surface area contributed by atoms with Gasteiger partial charge in [-0.3, -0.25) is 4.79 Å². The molecule has 92 valence electrons. The molecule has 0 aromatic heterocycles. The number of carbonyl (C=O) groups excluding carboxylic acids is 1. The Balaban J connectivity index is 2.26. The smallest absolute Gasteiger partial charge is 0.255 e. The number of carbonyl (C=O) groups is 1. The standard InChI is InChI=1S/C12H14ClIN2O/c1-8-7-15-4-5-16(8)12(17)10-6-9(13)2-3-11(10)14/h2-3,6,8,15H,4-5,7H2,1H3/t8-/m1/s1. The molecule has 0 unspecified atom stereocenters. The Morgan fingerprint density at radius 2 is 2.35 bits per heavy atom. The third-order valence-corrected chi connectivity index (χ3v) is 4.10. The van der Waals surface area contributed by atoms with Crippen LogP contribution < -0.4 is 5.32 Å². The first-order chi connectivity index (χ1) is 8.09. The Kier molecular flexibility index (Phi) is 4.27. The van der Waals surface area contributed by atoms with Crippen molar-refractivity contribution < 1.29 is 4.79 Å². The van der Waals surface area contributed by atoms with Crippen LogP contribution in [-0.4, -0.2) is 36.5 Å². The number of amides is 1. The van der Waals surface area contributed by atoms with E-state index in [0.717, 1.165) is 23.2 Å². The minimum Gasteiger partial charge on any atom is -0.333 e. The van der Waals surface area contributed by atoms with Gasteiger partial charge in [-0.05, 0) is 47.7 Å². The molecule has 0 aliphatic carbocycles. The maximum absolute atomic E-state index is 12.4. The molecule has 0 saturated carbocycles. The predicted molar refractivity (Wildman–Crippen MR) is 77.5 cm³/mol. The molecule has 1 aliphatic heterocycles. The van der Waals surface area contributed by atoms with Gasteiger partial charge in [-0.15, -0.1) is 0 Å². The summed E-state index contributed by atoms with van der Waals surface area (Å²) in [5.74, 6) is 0.0749. The van der Waals surface area contributed by atoms with E-state index in [4.69, 9.17) is 11.6 Å². The van der Waals surface area contributed by atoms with Crippen molar-refractivity contribution in [3.8, 4) is 0 Å². The van der Waals surface area contributed by atoms with Crippen molar-refractivity contribution in [1.82, 2.24) is 10.2 Å². The fourth-order valence-corrected chi connectivity index (χ4v) is 2.70. The summed E-state index contributed by atoms with van der Waals surface area (Å²) in [6.45, 7) is 4.51. The summed E-state index contributed by atoms with van der Waals surface area (Å²) in [7, 11) is 0. The summed E-state index contributed by atoms with van der Waals surface area (Å²) in [5, 5.41) is 3.88. The number of halogens is 2. The van der Waals surface area contributed by atoms with Gasteiger partial charge in [-0.2, -0.15) is 0 Å². The van der Waals surface area contributed by atoms with Crippen LogP contribution in [0.15, 0.2) is 18.2 Å². The molecule has 2 rings (SSSR count). The second kappa shape index (κ2) is 5.54. The van der Waals surface area contributed by atoms with E-state index in [2.05, 4.69) is 34.8 Å². The highest BCUT2D eigenvalue weighted by molar-refractivity contribution is 14.1. The SMILES string of the molecule is C[C@@H]1CNCCN1C(=O)c1cc(Cl)ccc1I. The number of hydrogen-bond acceptors (Lipinski definition) is 2. The van der Waals surface area contributed by atoms with Gasteiger partial charge in [0, 0.05) is 34.3 Å². The van der Waals surface area contributed by atoms with E-state index in [1.165, 1.54) is 0 Å². The first-order valence-corrected chi connectivity index (χ1v) is 7.02. The Labute approximate surface area is 120 Å². The average molecular weight is 365 g/mol. The Bertz CT molecular complexity index is 439. The molecule has 1 aliphatic rings. The van der Waals surface area contributed by atoms with Gasteiger partial charge in [0.2, 0.25) is 0 Å². The van der Waals surface area contributed by atoms with E-state index in [1.54, 1.807) is 12.1 Å². The normalized spacial score (nSPS) is 20.4. The van der Waals surface area contributed by atoms with Crippen LogP contribution in [0, 0.1) is 3.57 Å². The summed E-state index contributed by atoms with van der Waals surface area (Å²) < 4.78 is 0.947. The molecule has 17 heavy (non-hydrogen) atoms.